The standard InChI is InChI=1S/C26H27BrN2O5S/c1-17-5-11-24(18(2)14-17)29-35(31,32)22-9-7-20(8-10-22)28-26(30)19-6-12-25(23(27)15-19)34-16-21-4-3-13-33-21/h5-12,14-15,21,29H,3-4,13,16H2,1-2H3,(H,28,30). The van der Waals surface area contributed by atoms with Crippen molar-refractivity contribution < 1.29 is 22.7 Å². The summed E-state index contributed by atoms with van der Waals surface area (Å²) in [6.45, 7) is 5.04. The third kappa shape index (κ3) is 6.42. The number of amides is 1. The predicted octanol–water partition coefficient (Wildman–Crippen LogP) is 5.68. The summed E-state index contributed by atoms with van der Waals surface area (Å²) in [5, 5.41) is 2.79. The van der Waals surface area contributed by atoms with Crippen LogP contribution in [0.25, 0.3) is 0 Å². The van der Waals surface area contributed by atoms with E-state index in [2.05, 4.69) is 26.0 Å². The monoisotopic (exact) mass is 558 g/mol. The Bertz CT molecular complexity index is 1320. The Hall–Kier alpha value is -2.88. The Morgan fingerprint density at radius 2 is 1.86 bits per heavy atom. The van der Waals surface area contributed by atoms with E-state index in [9.17, 15) is 13.2 Å². The Balaban J connectivity index is 1.38. The first kappa shape index (κ1) is 25.2. The van der Waals surface area contributed by atoms with Gasteiger partial charge in [-0.3, -0.25) is 9.52 Å². The fraction of sp³-hybridized carbons (Fsp3) is 0.269. The molecule has 1 amide bonds. The van der Waals surface area contributed by atoms with Gasteiger partial charge in [0.1, 0.15) is 12.4 Å². The van der Waals surface area contributed by atoms with Crippen LogP contribution in [-0.4, -0.2) is 33.6 Å². The summed E-state index contributed by atoms with van der Waals surface area (Å²) in [6.07, 6.45) is 2.14. The van der Waals surface area contributed by atoms with E-state index < -0.39 is 10.0 Å². The topological polar surface area (TPSA) is 93.7 Å². The summed E-state index contributed by atoms with van der Waals surface area (Å²) in [7, 11) is -3.76. The molecule has 9 heteroatoms. The van der Waals surface area contributed by atoms with Gasteiger partial charge in [-0.1, -0.05) is 17.7 Å². The maximum absolute atomic E-state index is 12.8. The molecule has 1 atom stereocenters. The molecule has 0 aromatic heterocycles. The van der Waals surface area contributed by atoms with Crippen molar-refractivity contribution in [3.63, 3.8) is 0 Å². The molecule has 0 saturated carbocycles. The van der Waals surface area contributed by atoms with Gasteiger partial charge in [0.25, 0.3) is 15.9 Å². The SMILES string of the molecule is Cc1ccc(NS(=O)(=O)c2ccc(NC(=O)c3ccc(OCC4CCCO4)c(Br)c3)cc2)c(C)c1. The number of aryl methyl sites for hydroxylation is 2. The molecule has 7 nitrogen and oxygen atoms in total. The molecule has 0 radical (unpaired) electrons. The minimum atomic E-state index is -3.76. The number of carbonyl (C=O) groups excluding carboxylic acids is 1. The number of hydrogen-bond acceptors (Lipinski definition) is 5. The first-order chi connectivity index (χ1) is 16.7. The van der Waals surface area contributed by atoms with Gasteiger partial charge in [0.05, 0.1) is 21.2 Å². The van der Waals surface area contributed by atoms with Crippen molar-refractivity contribution in [1.82, 2.24) is 0 Å². The Kier molecular flexibility index (Phi) is 7.78. The first-order valence-corrected chi connectivity index (χ1v) is 13.5. The van der Waals surface area contributed by atoms with Gasteiger partial charge in [0.15, 0.2) is 0 Å². The van der Waals surface area contributed by atoms with Crippen molar-refractivity contribution >= 4 is 43.2 Å². The first-order valence-electron chi connectivity index (χ1n) is 11.3. The van der Waals surface area contributed by atoms with E-state index in [0.717, 1.165) is 30.6 Å². The van der Waals surface area contributed by atoms with Crippen LogP contribution in [-0.2, 0) is 14.8 Å². The molecule has 2 N–H and O–H groups in total. The normalized spacial score (nSPS) is 15.6. The molecule has 3 aromatic carbocycles. The van der Waals surface area contributed by atoms with Gasteiger partial charge in [-0.25, -0.2) is 8.42 Å². The van der Waals surface area contributed by atoms with E-state index in [4.69, 9.17) is 9.47 Å². The van der Waals surface area contributed by atoms with Crippen molar-refractivity contribution in [2.75, 3.05) is 23.3 Å². The number of benzene rings is 3. The maximum Gasteiger partial charge on any atom is 0.261 e. The van der Waals surface area contributed by atoms with E-state index in [-0.39, 0.29) is 16.9 Å². The smallest absolute Gasteiger partial charge is 0.261 e. The van der Waals surface area contributed by atoms with E-state index in [1.165, 1.54) is 12.1 Å². The highest BCUT2D eigenvalue weighted by Crippen LogP contribution is 2.28. The van der Waals surface area contributed by atoms with Crippen LogP contribution in [0.4, 0.5) is 11.4 Å². The van der Waals surface area contributed by atoms with Crippen LogP contribution < -0.4 is 14.8 Å². The van der Waals surface area contributed by atoms with Gasteiger partial charge >= 0.3 is 0 Å². The highest BCUT2D eigenvalue weighted by molar-refractivity contribution is 9.10. The van der Waals surface area contributed by atoms with E-state index in [1.807, 2.05) is 26.0 Å². The number of hydrogen-bond donors (Lipinski definition) is 2. The molecule has 3 aromatic rings. The van der Waals surface area contributed by atoms with Gasteiger partial charge < -0.3 is 14.8 Å². The van der Waals surface area contributed by atoms with E-state index in [0.29, 0.717) is 33.8 Å². The number of anilines is 2. The summed E-state index contributed by atoms with van der Waals surface area (Å²) in [5.74, 6) is 0.323. The number of nitrogens with one attached hydrogen (secondary N) is 2. The fourth-order valence-corrected chi connectivity index (χ4v) is 5.39. The Labute approximate surface area is 214 Å². The number of ether oxygens (including phenoxy) is 2. The second-order valence-electron chi connectivity index (χ2n) is 8.49. The Morgan fingerprint density at radius 1 is 1.09 bits per heavy atom. The van der Waals surface area contributed by atoms with Crippen LogP contribution in [0.2, 0.25) is 0 Å². The van der Waals surface area contributed by atoms with Crippen LogP contribution in [0, 0.1) is 13.8 Å². The molecule has 0 bridgehead atoms. The van der Waals surface area contributed by atoms with Crippen molar-refractivity contribution in [2.24, 2.45) is 0 Å². The summed E-state index contributed by atoms with van der Waals surface area (Å²) in [5.41, 5.74) is 3.34. The molecule has 4 rings (SSSR count). The van der Waals surface area contributed by atoms with Gasteiger partial charge in [-0.2, -0.15) is 0 Å². The zero-order chi connectivity index (χ0) is 25.0. The summed E-state index contributed by atoms with van der Waals surface area (Å²) in [4.78, 5) is 12.8. The molecule has 0 spiro atoms. The average molecular weight is 559 g/mol. The maximum atomic E-state index is 12.8. The minimum Gasteiger partial charge on any atom is -0.490 e. The molecular weight excluding hydrogens is 532 g/mol. The molecule has 1 fully saturated rings. The lowest BCUT2D eigenvalue weighted by atomic mass is 10.1. The van der Waals surface area contributed by atoms with Crippen molar-refractivity contribution in [3.8, 4) is 5.75 Å². The van der Waals surface area contributed by atoms with Crippen molar-refractivity contribution in [1.29, 1.82) is 0 Å². The van der Waals surface area contributed by atoms with Gasteiger partial charge in [0.2, 0.25) is 0 Å². The van der Waals surface area contributed by atoms with Crippen LogP contribution in [0.3, 0.4) is 0 Å². The number of rotatable bonds is 8. The molecule has 1 unspecified atom stereocenters. The zero-order valence-corrected chi connectivity index (χ0v) is 21.9. The largest absolute Gasteiger partial charge is 0.490 e. The minimum absolute atomic E-state index is 0.103. The van der Waals surface area contributed by atoms with Gasteiger partial charge in [-0.15, -0.1) is 0 Å². The fourth-order valence-electron chi connectivity index (χ4n) is 3.77. The molecular formula is C26H27BrN2O5S. The molecule has 1 aliphatic heterocycles. The zero-order valence-electron chi connectivity index (χ0n) is 19.5. The number of carbonyl (C=O) groups is 1. The van der Waals surface area contributed by atoms with E-state index in [1.54, 1.807) is 36.4 Å². The third-order valence-corrected chi connectivity index (χ3v) is 7.69. The molecule has 1 aliphatic rings. The quantitative estimate of drug-likeness (QED) is 0.371. The average Bonchev–Trinajstić information content (AvgIpc) is 3.34. The van der Waals surface area contributed by atoms with Crippen LogP contribution in [0.5, 0.6) is 5.75 Å². The molecule has 1 saturated heterocycles. The molecule has 1 heterocycles. The highest BCUT2D eigenvalue weighted by Gasteiger charge is 2.18. The molecule has 0 aliphatic carbocycles. The van der Waals surface area contributed by atoms with Crippen LogP contribution in [0.1, 0.15) is 34.3 Å². The summed E-state index contributed by atoms with van der Waals surface area (Å²) in [6, 6.07) is 16.6. The third-order valence-electron chi connectivity index (χ3n) is 5.69. The second-order valence-corrected chi connectivity index (χ2v) is 11.0. The van der Waals surface area contributed by atoms with Gasteiger partial charge in [0, 0.05) is 17.9 Å². The van der Waals surface area contributed by atoms with Gasteiger partial charge in [-0.05, 0) is 96.7 Å². The second kappa shape index (κ2) is 10.8. The number of sulfonamides is 1. The van der Waals surface area contributed by atoms with Crippen LogP contribution in [0.15, 0.2) is 70.0 Å². The number of halogens is 1. The molecule has 184 valence electrons. The summed E-state index contributed by atoms with van der Waals surface area (Å²) < 4.78 is 40.2. The lowest BCUT2D eigenvalue weighted by molar-refractivity contribution is 0.0677. The highest BCUT2D eigenvalue weighted by atomic mass is 79.9. The molecule has 35 heavy (non-hydrogen) atoms. The van der Waals surface area contributed by atoms with Crippen molar-refractivity contribution in [3.05, 3.63) is 81.8 Å². The van der Waals surface area contributed by atoms with Crippen LogP contribution >= 0.6 is 15.9 Å². The lowest BCUT2D eigenvalue weighted by Gasteiger charge is -2.14. The lowest BCUT2D eigenvalue weighted by Crippen LogP contribution is -2.17. The summed E-state index contributed by atoms with van der Waals surface area (Å²) >= 11 is 3.46. The van der Waals surface area contributed by atoms with Crippen molar-refractivity contribution in [2.45, 2.75) is 37.7 Å². The predicted molar refractivity (Wildman–Crippen MR) is 140 cm³/mol. The van der Waals surface area contributed by atoms with E-state index >= 15 is 0 Å². The Morgan fingerprint density at radius 3 is 2.51 bits per heavy atom.